The molecule has 2 N–H and O–H groups in total. The van der Waals surface area contributed by atoms with Gasteiger partial charge >= 0.3 is 0 Å². The highest BCUT2D eigenvalue weighted by Gasteiger charge is 2.35. The summed E-state index contributed by atoms with van der Waals surface area (Å²) in [6, 6.07) is 21.9. The average molecular weight is 677 g/mol. The van der Waals surface area contributed by atoms with E-state index < -0.39 is 11.8 Å². The van der Waals surface area contributed by atoms with E-state index in [1.54, 1.807) is 12.4 Å². The molecule has 260 valence electrons. The first-order chi connectivity index (χ1) is 24.0. The molecule has 0 saturated heterocycles. The van der Waals surface area contributed by atoms with Crippen LogP contribution in [0.25, 0.3) is 0 Å². The summed E-state index contributed by atoms with van der Waals surface area (Å²) < 4.78 is 2.90. The van der Waals surface area contributed by atoms with Gasteiger partial charge in [0.25, 0.3) is 22.9 Å². The van der Waals surface area contributed by atoms with Crippen molar-refractivity contribution in [2.45, 2.75) is 52.6 Å². The van der Waals surface area contributed by atoms with E-state index in [9.17, 15) is 28.8 Å². The predicted octanol–water partition coefficient (Wildman–Crippen LogP) is 4.97. The topological polar surface area (TPSA) is 136 Å². The lowest BCUT2D eigenvalue weighted by Crippen LogP contribution is -2.32. The van der Waals surface area contributed by atoms with E-state index in [1.165, 1.54) is 35.4 Å². The lowest BCUT2D eigenvalue weighted by atomic mass is 10.0. The monoisotopic (exact) mass is 676 g/mol. The summed E-state index contributed by atoms with van der Waals surface area (Å²) in [5.41, 5.74) is 1.96. The Balaban J connectivity index is 0.000000194. The van der Waals surface area contributed by atoms with Crippen molar-refractivity contribution in [3.05, 3.63) is 139 Å². The highest BCUT2D eigenvalue weighted by molar-refractivity contribution is 6.01. The van der Waals surface area contributed by atoms with Crippen molar-refractivity contribution in [3.8, 4) is 0 Å². The van der Waals surface area contributed by atoms with Gasteiger partial charge in [0, 0.05) is 50.5 Å². The zero-order chi connectivity index (χ0) is 35.9. The molecule has 2 aliphatic carbocycles. The molecule has 10 nitrogen and oxygen atoms in total. The summed E-state index contributed by atoms with van der Waals surface area (Å²) in [7, 11) is 2.95. The Morgan fingerprint density at radius 2 is 0.960 bits per heavy atom. The smallest absolute Gasteiger partial charge is 0.263 e. The number of carbonyl (C=O) groups is 4. The van der Waals surface area contributed by atoms with Gasteiger partial charge in [-0.1, -0.05) is 74.5 Å². The van der Waals surface area contributed by atoms with E-state index >= 15 is 0 Å². The van der Waals surface area contributed by atoms with Crippen LogP contribution in [-0.2, 0) is 13.1 Å². The number of amides is 2. The molecule has 4 aromatic rings. The fourth-order valence-electron chi connectivity index (χ4n) is 6.05. The van der Waals surface area contributed by atoms with Crippen LogP contribution in [0.1, 0.15) is 92.1 Å². The number of benzene rings is 2. The number of Topliss-reactive ketones (excluding diaryl/α,β-unsaturated/α-hetero) is 2. The number of aromatic nitrogens is 2. The lowest BCUT2D eigenvalue weighted by Gasteiger charge is -2.11. The van der Waals surface area contributed by atoms with Crippen molar-refractivity contribution in [2.24, 2.45) is 23.7 Å². The van der Waals surface area contributed by atoms with E-state index in [0.29, 0.717) is 60.7 Å². The van der Waals surface area contributed by atoms with Crippen molar-refractivity contribution in [3.63, 3.8) is 0 Å². The number of hydrogen-bond acceptors (Lipinski definition) is 6. The highest BCUT2D eigenvalue weighted by atomic mass is 16.2. The van der Waals surface area contributed by atoms with Crippen molar-refractivity contribution in [1.82, 2.24) is 19.8 Å². The van der Waals surface area contributed by atoms with Gasteiger partial charge < -0.3 is 19.8 Å². The Labute approximate surface area is 291 Å². The van der Waals surface area contributed by atoms with Gasteiger partial charge in [-0.25, -0.2) is 0 Å². The molecule has 10 heteroatoms. The van der Waals surface area contributed by atoms with Gasteiger partial charge in [0.15, 0.2) is 11.6 Å². The summed E-state index contributed by atoms with van der Waals surface area (Å²) in [5.74, 6) is 1.04. The van der Waals surface area contributed by atoms with Crippen molar-refractivity contribution >= 4 is 23.4 Å². The second-order valence-corrected chi connectivity index (χ2v) is 13.5. The first-order valence-corrected chi connectivity index (χ1v) is 17.1. The van der Waals surface area contributed by atoms with Gasteiger partial charge in [0.2, 0.25) is 0 Å². The normalized spacial score (nSPS) is 18.6. The van der Waals surface area contributed by atoms with Crippen LogP contribution in [0, 0.1) is 23.7 Å². The van der Waals surface area contributed by atoms with Crippen molar-refractivity contribution in [2.75, 3.05) is 14.1 Å². The van der Waals surface area contributed by atoms with E-state index in [0.717, 1.165) is 24.0 Å². The molecule has 2 aromatic heterocycles. The van der Waals surface area contributed by atoms with Crippen LogP contribution in [0.15, 0.2) is 94.8 Å². The molecule has 0 spiro atoms. The minimum Gasteiger partial charge on any atom is -0.355 e. The van der Waals surface area contributed by atoms with Crippen molar-refractivity contribution < 1.29 is 19.2 Å². The molecule has 4 atom stereocenters. The lowest BCUT2D eigenvalue weighted by molar-refractivity contribution is 0.0948. The molecule has 2 amide bonds. The predicted molar refractivity (Wildman–Crippen MR) is 192 cm³/mol. The molecule has 2 fully saturated rings. The molecular formula is C40H44N4O6. The summed E-state index contributed by atoms with van der Waals surface area (Å²) in [4.78, 5) is 74.5. The number of pyridine rings is 2. The van der Waals surface area contributed by atoms with E-state index in [1.807, 2.05) is 60.7 Å². The molecule has 2 aliphatic rings. The number of nitrogens with zero attached hydrogens (tertiary/aromatic N) is 2. The highest BCUT2D eigenvalue weighted by Crippen LogP contribution is 2.41. The Bertz CT molecular complexity index is 1850. The first kappa shape index (κ1) is 35.9. The SMILES string of the molecule is CNC(=O)c1cc(C(=O)CC2C[C@@H]2C)cn(Cc2ccccc2)c1=O.CNC(=O)c1cc(C(=O)CC2C[C@H]2C)cn(Cc2ccccc2)c1=O. The Hall–Kier alpha value is -5.38. The van der Waals surface area contributed by atoms with Crippen LogP contribution in [0.3, 0.4) is 0 Å². The van der Waals surface area contributed by atoms with Gasteiger partial charge in [0.1, 0.15) is 11.1 Å². The zero-order valence-electron chi connectivity index (χ0n) is 29.0. The third kappa shape index (κ3) is 8.99. The van der Waals surface area contributed by atoms with Crippen LogP contribution in [0.5, 0.6) is 0 Å². The third-order valence-electron chi connectivity index (χ3n) is 9.60. The third-order valence-corrected chi connectivity index (χ3v) is 9.60. The van der Waals surface area contributed by atoms with E-state index in [2.05, 4.69) is 24.5 Å². The van der Waals surface area contributed by atoms with Crippen LogP contribution in [-0.4, -0.2) is 46.6 Å². The molecule has 0 radical (unpaired) electrons. The molecule has 0 bridgehead atoms. The standard InChI is InChI=1S/2C20H22N2O3/c2*1-13-8-15(13)10-18(23)16-9-17(19(24)21-2)20(25)22(12-16)11-14-6-4-3-5-7-14/h2*3-7,9,12-13,15H,8,10-11H2,1-2H3,(H,21,24)/t2*13-,15?/m10/s1. The van der Waals surface area contributed by atoms with Gasteiger partial charge in [-0.2, -0.15) is 0 Å². The Kier molecular flexibility index (Phi) is 11.4. The molecule has 6 rings (SSSR count). The second-order valence-electron chi connectivity index (χ2n) is 13.5. The number of nitrogens with one attached hydrogen (secondary N) is 2. The van der Waals surface area contributed by atoms with E-state index in [-0.39, 0.29) is 33.8 Å². The summed E-state index contributed by atoms with van der Waals surface area (Å²) in [6.07, 6.45) is 6.24. The quantitative estimate of drug-likeness (QED) is 0.204. The van der Waals surface area contributed by atoms with Gasteiger partial charge in [-0.05, 0) is 59.8 Å². The average Bonchev–Trinajstić information content (AvgIpc) is 4.03. The summed E-state index contributed by atoms with van der Waals surface area (Å²) in [5, 5.41) is 4.95. The van der Waals surface area contributed by atoms with Gasteiger partial charge in [-0.3, -0.25) is 28.8 Å². The minimum absolute atomic E-state index is 0.00752. The molecule has 50 heavy (non-hydrogen) atoms. The van der Waals surface area contributed by atoms with Gasteiger partial charge in [-0.15, -0.1) is 0 Å². The second kappa shape index (κ2) is 15.9. The summed E-state index contributed by atoms with van der Waals surface area (Å²) in [6.45, 7) is 4.91. The maximum atomic E-state index is 12.6. The van der Waals surface area contributed by atoms with E-state index in [4.69, 9.17) is 0 Å². The number of carbonyl (C=O) groups excluding carboxylic acids is 4. The number of rotatable bonds is 12. The fourth-order valence-corrected chi connectivity index (χ4v) is 6.05. The van der Waals surface area contributed by atoms with Crippen LogP contribution in [0.4, 0.5) is 0 Å². The molecule has 2 heterocycles. The Morgan fingerprint density at radius 1 is 0.620 bits per heavy atom. The summed E-state index contributed by atoms with van der Waals surface area (Å²) >= 11 is 0. The number of hydrogen-bond donors (Lipinski definition) is 2. The van der Waals surface area contributed by atoms with Crippen LogP contribution in [0.2, 0.25) is 0 Å². The fraction of sp³-hybridized carbons (Fsp3) is 0.350. The molecular weight excluding hydrogens is 632 g/mol. The largest absolute Gasteiger partial charge is 0.355 e. The Morgan fingerprint density at radius 3 is 1.26 bits per heavy atom. The zero-order valence-corrected chi connectivity index (χ0v) is 29.0. The molecule has 2 unspecified atom stereocenters. The maximum Gasteiger partial charge on any atom is 0.263 e. The van der Waals surface area contributed by atoms with Crippen LogP contribution < -0.4 is 21.8 Å². The minimum atomic E-state index is -0.471. The van der Waals surface area contributed by atoms with Crippen molar-refractivity contribution in [1.29, 1.82) is 0 Å². The first-order valence-electron chi connectivity index (χ1n) is 17.1. The number of ketones is 2. The van der Waals surface area contributed by atoms with Gasteiger partial charge in [0.05, 0.1) is 13.1 Å². The maximum absolute atomic E-state index is 12.6. The molecule has 0 aliphatic heterocycles. The molecule has 2 saturated carbocycles. The van der Waals surface area contributed by atoms with Crippen LogP contribution >= 0.6 is 0 Å². The molecule has 2 aromatic carbocycles.